The Morgan fingerprint density at radius 2 is 1.56 bits per heavy atom. The molecular weight excluding hydrogens is 568 g/mol. The van der Waals surface area contributed by atoms with E-state index in [0.717, 1.165) is 23.4 Å². The molecule has 7 nitrogen and oxygen atoms in total. The topological polar surface area (TPSA) is 86.8 Å². The van der Waals surface area contributed by atoms with Crippen LogP contribution in [0.15, 0.2) is 36.4 Å². The smallest absolute Gasteiger partial charge is 0.244 e. The molecular formula is C24H29Cl4N3O4S. The van der Waals surface area contributed by atoms with Crippen molar-refractivity contribution in [2.75, 3.05) is 23.7 Å². The highest BCUT2D eigenvalue weighted by Crippen LogP contribution is 2.34. The lowest BCUT2D eigenvalue weighted by Crippen LogP contribution is -2.52. The first-order chi connectivity index (χ1) is 16.9. The van der Waals surface area contributed by atoms with E-state index in [1.807, 2.05) is 6.92 Å². The number of amides is 2. The molecule has 1 unspecified atom stereocenters. The van der Waals surface area contributed by atoms with Crippen molar-refractivity contribution in [2.24, 2.45) is 0 Å². The molecule has 0 radical (unpaired) electrons. The minimum Gasteiger partial charge on any atom is -0.354 e. The molecule has 12 heteroatoms. The van der Waals surface area contributed by atoms with Crippen LogP contribution < -0.4 is 9.62 Å². The first-order valence-corrected chi connectivity index (χ1v) is 14.7. The maximum Gasteiger partial charge on any atom is 0.244 e. The van der Waals surface area contributed by atoms with Crippen LogP contribution in [-0.2, 0) is 26.2 Å². The van der Waals surface area contributed by atoms with E-state index in [2.05, 4.69) is 5.32 Å². The second-order valence-electron chi connectivity index (χ2n) is 8.13. The van der Waals surface area contributed by atoms with Crippen molar-refractivity contribution in [1.82, 2.24) is 10.2 Å². The fourth-order valence-corrected chi connectivity index (χ4v) is 5.38. The van der Waals surface area contributed by atoms with Gasteiger partial charge in [0.1, 0.15) is 12.6 Å². The largest absolute Gasteiger partial charge is 0.354 e. The number of unbranched alkanes of at least 4 members (excludes halogenated alkanes) is 1. The molecule has 1 N–H and O–H groups in total. The molecule has 0 bridgehead atoms. The van der Waals surface area contributed by atoms with E-state index in [1.165, 1.54) is 23.1 Å². The van der Waals surface area contributed by atoms with Crippen LogP contribution in [0.2, 0.25) is 20.1 Å². The predicted octanol–water partition coefficient (Wildman–Crippen LogP) is 5.79. The number of nitrogens with zero attached hydrogens (tertiary/aromatic N) is 2. The Kier molecular flexibility index (Phi) is 11.6. The third kappa shape index (κ3) is 7.89. The SMILES string of the molecule is CCCCNC(=O)C(CC)N(Cc1c(Cl)cccc1Cl)C(=O)CN(c1cccc(Cl)c1Cl)S(C)(=O)=O. The Morgan fingerprint density at radius 3 is 2.11 bits per heavy atom. The van der Waals surface area contributed by atoms with Gasteiger partial charge in [-0.3, -0.25) is 13.9 Å². The average molecular weight is 597 g/mol. The lowest BCUT2D eigenvalue weighted by atomic mass is 10.1. The van der Waals surface area contributed by atoms with Gasteiger partial charge in [0.05, 0.1) is 22.0 Å². The Labute approximate surface area is 232 Å². The van der Waals surface area contributed by atoms with Crippen molar-refractivity contribution in [3.63, 3.8) is 0 Å². The fraction of sp³-hybridized carbons (Fsp3) is 0.417. The summed E-state index contributed by atoms with van der Waals surface area (Å²) in [5.41, 5.74) is 0.497. The maximum atomic E-state index is 13.7. The molecule has 2 amide bonds. The highest BCUT2D eigenvalue weighted by Gasteiger charge is 2.33. The molecule has 0 aromatic heterocycles. The zero-order valence-electron chi connectivity index (χ0n) is 20.2. The summed E-state index contributed by atoms with van der Waals surface area (Å²) >= 11 is 25.1. The van der Waals surface area contributed by atoms with Crippen LogP contribution in [0.4, 0.5) is 5.69 Å². The Balaban J connectivity index is 2.51. The minimum atomic E-state index is -3.96. The summed E-state index contributed by atoms with van der Waals surface area (Å²) < 4.78 is 26.3. The first kappa shape index (κ1) is 30.5. The molecule has 0 aliphatic carbocycles. The fourth-order valence-electron chi connectivity index (χ4n) is 3.56. The summed E-state index contributed by atoms with van der Waals surface area (Å²) in [4.78, 5) is 28.1. The molecule has 0 fully saturated rings. The number of hydrogen-bond acceptors (Lipinski definition) is 4. The van der Waals surface area contributed by atoms with Crippen LogP contribution in [0.3, 0.4) is 0 Å². The van der Waals surface area contributed by atoms with Gasteiger partial charge in [-0.1, -0.05) is 78.8 Å². The first-order valence-electron chi connectivity index (χ1n) is 11.3. The van der Waals surface area contributed by atoms with Crippen molar-refractivity contribution in [3.8, 4) is 0 Å². The molecule has 1 atom stereocenters. The van der Waals surface area contributed by atoms with E-state index in [0.29, 0.717) is 22.2 Å². The standard InChI is InChI=1S/C24H29Cl4N3O4S/c1-4-6-13-29-24(33)20(5-2)30(14-16-17(25)9-7-10-18(16)26)22(32)15-31(36(3,34)35)21-12-8-11-19(27)23(21)28/h7-12,20H,4-6,13-15H2,1-3H3,(H,29,33). The molecule has 2 aromatic carbocycles. The summed E-state index contributed by atoms with van der Waals surface area (Å²) in [7, 11) is -3.96. The molecule has 0 saturated heterocycles. The number of hydrogen-bond donors (Lipinski definition) is 1. The quantitative estimate of drug-likeness (QED) is 0.314. The number of anilines is 1. The van der Waals surface area contributed by atoms with Crippen molar-refractivity contribution < 1.29 is 18.0 Å². The number of halogens is 4. The second-order valence-corrected chi connectivity index (χ2v) is 11.6. The van der Waals surface area contributed by atoms with Crippen LogP contribution in [0.1, 0.15) is 38.7 Å². The van der Waals surface area contributed by atoms with Gasteiger partial charge in [-0.2, -0.15) is 0 Å². The Morgan fingerprint density at radius 1 is 0.972 bits per heavy atom. The number of carbonyl (C=O) groups is 2. The van der Waals surface area contributed by atoms with Crippen molar-refractivity contribution in [1.29, 1.82) is 0 Å². The van der Waals surface area contributed by atoms with E-state index in [9.17, 15) is 18.0 Å². The molecule has 0 aliphatic heterocycles. The predicted molar refractivity (Wildman–Crippen MR) is 148 cm³/mol. The average Bonchev–Trinajstić information content (AvgIpc) is 2.80. The highest BCUT2D eigenvalue weighted by molar-refractivity contribution is 7.92. The third-order valence-corrected chi connectivity index (χ3v) is 8.13. The van der Waals surface area contributed by atoms with Gasteiger partial charge in [-0.05, 0) is 37.1 Å². The van der Waals surface area contributed by atoms with Gasteiger partial charge in [-0.25, -0.2) is 8.42 Å². The van der Waals surface area contributed by atoms with E-state index < -0.39 is 28.5 Å². The normalized spacial score (nSPS) is 12.2. The highest BCUT2D eigenvalue weighted by atomic mass is 35.5. The molecule has 0 heterocycles. The minimum absolute atomic E-state index is 0.0116. The molecule has 0 saturated carbocycles. The summed E-state index contributed by atoms with van der Waals surface area (Å²) in [5, 5.41) is 3.61. The molecule has 0 spiro atoms. The zero-order valence-corrected chi connectivity index (χ0v) is 24.1. The van der Waals surface area contributed by atoms with Gasteiger partial charge < -0.3 is 10.2 Å². The van der Waals surface area contributed by atoms with Crippen molar-refractivity contribution in [3.05, 3.63) is 62.1 Å². The molecule has 2 rings (SSSR count). The summed E-state index contributed by atoms with van der Waals surface area (Å²) in [5.74, 6) is -0.987. The monoisotopic (exact) mass is 595 g/mol. The Hall–Kier alpha value is -1.71. The second kappa shape index (κ2) is 13.7. The van der Waals surface area contributed by atoms with Crippen LogP contribution in [0.5, 0.6) is 0 Å². The lowest BCUT2D eigenvalue weighted by molar-refractivity contribution is -0.140. The molecule has 0 aliphatic rings. The van der Waals surface area contributed by atoms with Crippen molar-refractivity contribution >= 4 is 73.9 Å². The number of carbonyl (C=O) groups excluding carboxylic acids is 2. The lowest BCUT2D eigenvalue weighted by Gasteiger charge is -2.33. The van der Waals surface area contributed by atoms with Gasteiger partial charge in [0.25, 0.3) is 0 Å². The summed E-state index contributed by atoms with van der Waals surface area (Å²) in [6.45, 7) is 3.51. The van der Waals surface area contributed by atoms with Crippen LogP contribution in [0, 0.1) is 0 Å². The molecule has 36 heavy (non-hydrogen) atoms. The third-order valence-electron chi connectivity index (χ3n) is 5.48. The van der Waals surface area contributed by atoms with Gasteiger partial charge in [-0.15, -0.1) is 0 Å². The Bertz CT molecular complexity index is 1170. The van der Waals surface area contributed by atoms with Gasteiger partial charge in [0.2, 0.25) is 21.8 Å². The summed E-state index contributed by atoms with van der Waals surface area (Å²) in [6.07, 6.45) is 2.91. The maximum absolute atomic E-state index is 13.7. The van der Waals surface area contributed by atoms with Crippen LogP contribution in [-0.4, -0.2) is 50.5 Å². The van der Waals surface area contributed by atoms with Crippen LogP contribution in [0.25, 0.3) is 0 Å². The number of benzene rings is 2. The number of rotatable bonds is 12. The molecule has 198 valence electrons. The van der Waals surface area contributed by atoms with Gasteiger partial charge in [0.15, 0.2) is 0 Å². The van der Waals surface area contributed by atoms with E-state index in [1.54, 1.807) is 25.1 Å². The molecule has 2 aromatic rings. The number of nitrogens with one attached hydrogen (secondary N) is 1. The van der Waals surface area contributed by atoms with Crippen LogP contribution >= 0.6 is 46.4 Å². The van der Waals surface area contributed by atoms with E-state index in [4.69, 9.17) is 46.4 Å². The summed E-state index contributed by atoms with van der Waals surface area (Å²) in [6, 6.07) is 8.52. The van der Waals surface area contributed by atoms with Gasteiger partial charge >= 0.3 is 0 Å². The van der Waals surface area contributed by atoms with E-state index >= 15 is 0 Å². The number of sulfonamides is 1. The van der Waals surface area contributed by atoms with E-state index in [-0.39, 0.29) is 34.6 Å². The van der Waals surface area contributed by atoms with Gasteiger partial charge in [0, 0.05) is 28.7 Å². The zero-order chi connectivity index (χ0) is 27.0. The van der Waals surface area contributed by atoms with Crippen molar-refractivity contribution in [2.45, 2.75) is 45.7 Å².